The van der Waals surface area contributed by atoms with Crippen LogP contribution in [0.15, 0.2) is 52.7 Å². The maximum Gasteiger partial charge on any atom is 0.255 e. The lowest BCUT2D eigenvalue weighted by atomic mass is 10.2. The number of thiazole rings is 1. The van der Waals surface area contributed by atoms with Crippen LogP contribution >= 0.6 is 11.3 Å². The Morgan fingerprint density at radius 3 is 2.68 bits per heavy atom. The van der Waals surface area contributed by atoms with E-state index in [1.165, 1.54) is 6.07 Å². The summed E-state index contributed by atoms with van der Waals surface area (Å²) in [4.78, 5) is 16.8. The third kappa shape index (κ3) is 4.94. The van der Waals surface area contributed by atoms with E-state index in [1.54, 1.807) is 54.7 Å². The van der Waals surface area contributed by atoms with Gasteiger partial charge in [0.2, 0.25) is 10.0 Å². The van der Waals surface area contributed by atoms with Crippen molar-refractivity contribution in [2.24, 2.45) is 5.14 Å². The van der Waals surface area contributed by atoms with Crippen LogP contribution in [0.1, 0.15) is 26.6 Å². The molecule has 0 aliphatic heterocycles. The molecule has 0 spiro atoms. The second kappa shape index (κ2) is 8.09. The summed E-state index contributed by atoms with van der Waals surface area (Å²) < 4.78 is 29.0. The highest BCUT2D eigenvalue weighted by Gasteiger charge is 2.14. The van der Waals surface area contributed by atoms with Crippen LogP contribution in [-0.2, 0) is 16.6 Å². The van der Waals surface area contributed by atoms with E-state index in [-0.39, 0.29) is 10.8 Å². The molecule has 1 heterocycles. The molecule has 2 aromatic carbocycles. The lowest BCUT2D eigenvalue weighted by molar-refractivity contribution is 0.102. The summed E-state index contributed by atoms with van der Waals surface area (Å²) in [6.45, 7) is 3.87. The molecule has 0 saturated carbocycles. The first-order chi connectivity index (χ1) is 13.2. The van der Waals surface area contributed by atoms with Gasteiger partial charge in [0.25, 0.3) is 5.91 Å². The average molecular weight is 418 g/mol. The number of nitrogens with one attached hydrogen (secondary N) is 1. The molecule has 146 valence electrons. The number of carbonyl (C=O) groups is 1. The van der Waals surface area contributed by atoms with Gasteiger partial charge in [0.15, 0.2) is 0 Å². The fourth-order valence-electron chi connectivity index (χ4n) is 2.55. The number of sulfonamides is 1. The monoisotopic (exact) mass is 417 g/mol. The normalized spacial score (nSPS) is 11.2. The summed E-state index contributed by atoms with van der Waals surface area (Å²) in [7, 11) is -3.87. The molecule has 1 aromatic heterocycles. The van der Waals surface area contributed by atoms with Crippen LogP contribution in [-0.4, -0.2) is 19.3 Å². The van der Waals surface area contributed by atoms with Crippen LogP contribution < -0.4 is 15.2 Å². The number of carbonyl (C=O) groups excluding carboxylic acids is 1. The van der Waals surface area contributed by atoms with Gasteiger partial charge in [0.1, 0.15) is 12.4 Å². The smallest absolute Gasteiger partial charge is 0.255 e. The number of amides is 1. The van der Waals surface area contributed by atoms with E-state index in [0.717, 1.165) is 10.7 Å². The van der Waals surface area contributed by atoms with E-state index in [2.05, 4.69) is 10.3 Å². The highest BCUT2D eigenvalue weighted by Crippen LogP contribution is 2.21. The van der Waals surface area contributed by atoms with Crippen LogP contribution in [0.2, 0.25) is 0 Å². The van der Waals surface area contributed by atoms with Gasteiger partial charge >= 0.3 is 0 Å². The van der Waals surface area contributed by atoms with Crippen molar-refractivity contribution >= 4 is 33.0 Å². The molecule has 1 amide bonds. The van der Waals surface area contributed by atoms with Crippen molar-refractivity contribution in [2.45, 2.75) is 25.3 Å². The van der Waals surface area contributed by atoms with Crippen LogP contribution in [0.4, 0.5) is 5.69 Å². The molecule has 0 aliphatic rings. The van der Waals surface area contributed by atoms with Gasteiger partial charge in [-0.15, -0.1) is 11.3 Å². The summed E-state index contributed by atoms with van der Waals surface area (Å²) in [5.41, 5.74) is 2.05. The SMILES string of the molecule is Cc1nc(COc2cccc(C(=O)Nc3ccc(C)c(S(N)(=O)=O)c3)c2)cs1. The van der Waals surface area contributed by atoms with Crippen molar-refractivity contribution in [2.75, 3.05) is 5.32 Å². The molecule has 0 radical (unpaired) electrons. The number of aryl methyl sites for hydroxylation is 2. The molecule has 3 N–H and O–H groups in total. The maximum atomic E-state index is 12.5. The van der Waals surface area contributed by atoms with Gasteiger partial charge in [-0.2, -0.15) is 0 Å². The summed E-state index contributed by atoms with van der Waals surface area (Å²) in [6.07, 6.45) is 0. The number of primary sulfonamides is 1. The van der Waals surface area contributed by atoms with E-state index in [9.17, 15) is 13.2 Å². The van der Waals surface area contributed by atoms with E-state index in [1.807, 2.05) is 12.3 Å². The Morgan fingerprint density at radius 2 is 2.00 bits per heavy atom. The third-order valence-electron chi connectivity index (χ3n) is 3.90. The number of rotatable bonds is 6. The predicted octanol–water partition coefficient (Wildman–Crippen LogP) is 3.24. The van der Waals surface area contributed by atoms with Crippen LogP contribution in [0.5, 0.6) is 5.75 Å². The van der Waals surface area contributed by atoms with Crippen molar-refractivity contribution in [1.82, 2.24) is 4.98 Å². The molecule has 3 aromatic rings. The number of hydrogen-bond acceptors (Lipinski definition) is 6. The first-order valence-corrected chi connectivity index (χ1v) is 10.7. The van der Waals surface area contributed by atoms with Crippen LogP contribution in [0, 0.1) is 13.8 Å². The van der Waals surface area contributed by atoms with Crippen molar-refractivity contribution in [3.05, 3.63) is 69.7 Å². The molecule has 28 heavy (non-hydrogen) atoms. The van der Waals surface area contributed by atoms with Crippen LogP contribution in [0.3, 0.4) is 0 Å². The number of nitrogens with two attached hydrogens (primary N) is 1. The quantitative estimate of drug-likeness (QED) is 0.639. The van der Waals surface area contributed by atoms with Gasteiger partial charge in [-0.25, -0.2) is 18.5 Å². The second-order valence-corrected chi connectivity index (χ2v) is 8.75. The largest absolute Gasteiger partial charge is 0.487 e. The zero-order chi connectivity index (χ0) is 20.3. The number of benzene rings is 2. The minimum Gasteiger partial charge on any atom is -0.487 e. The summed E-state index contributed by atoms with van der Waals surface area (Å²) in [5.74, 6) is 0.145. The molecule has 0 atom stereocenters. The molecule has 9 heteroatoms. The summed E-state index contributed by atoms with van der Waals surface area (Å²) >= 11 is 1.55. The predicted molar refractivity (Wildman–Crippen MR) is 108 cm³/mol. The van der Waals surface area contributed by atoms with Gasteiger partial charge < -0.3 is 10.1 Å². The fraction of sp³-hybridized carbons (Fsp3) is 0.158. The standard InChI is InChI=1S/C19H19N3O4S2/c1-12-6-7-15(9-18(12)28(20,24)25)22-19(23)14-4-3-5-17(8-14)26-10-16-11-27-13(2)21-16/h3-9,11H,10H2,1-2H3,(H,22,23)(H2,20,24,25). The van der Waals surface area contributed by atoms with Gasteiger partial charge in [0, 0.05) is 16.6 Å². The minimum absolute atomic E-state index is 0.0269. The Bertz CT molecular complexity index is 1120. The van der Waals surface area contributed by atoms with Crippen molar-refractivity contribution < 1.29 is 17.9 Å². The van der Waals surface area contributed by atoms with E-state index < -0.39 is 10.0 Å². The first-order valence-electron chi connectivity index (χ1n) is 8.31. The zero-order valence-electron chi connectivity index (χ0n) is 15.3. The van der Waals surface area contributed by atoms with Crippen molar-refractivity contribution in [1.29, 1.82) is 0 Å². The molecule has 7 nitrogen and oxygen atoms in total. The van der Waals surface area contributed by atoms with Crippen LogP contribution in [0.25, 0.3) is 0 Å². The number of anilines is 1. The Kier molecular flexibility index (Phi) is 5.78. The van der Waals surface area contributed by atoms with Gasteiger partial charge in [-0.05, 0) is 49.7 Å². The molecule has 3 rings (SSSR count). The molecule has 0 unspecified atom stereocenters. The number of aromatic nitrogens is 1. The fourth-order valence-corrected chi connectivity index (χ4v) is 3.95. The molecule has 0 aliphatic carbocycles. The Balaban J connectivity index is 1.73. The molecule has 0 fully saturated rings. The molecule has 0 bridgehead atoms. The molecule has 0 saturated heterocycles. The lowest BCUT2D eigenvalue weighted by Crippen LogP contribution is -2.16. The van der Waals surface area contributed by atoms with Gasteiger partial charge in [0.05, 0.1) is 15.6 Å². The Morgan fingerprint density at radius 1 is 1.21 bits per heavy atom. The van der Waals surface area contributed by atoms with E-state index >= 15 is 0 Å². The van der Waals surface area contributed by atoms with Gasteiger partial charge in [-0.1, -0.05) is 12.1 Å². The first kappa shape index (κ1) is 20.0. The highest BCUT2D eigenvalue weighted by molar-refractivity contribution is 7.89. The third-order valence-corrected chi connectivity index (χ3v) is 5.78. The summed E-state index contributed by atoms with van der Waals surface area (Å²) in [5, 5.41) is 10.8. The van der Waals surface area contributed by atoms with E-state index in [0.29, 0.717) is 29.2 Å². The highest BCUT2D eigenvalue weighted by atomic mass is 32.2. The second-order valence-electron chi connectivity index (χ2n) is 6.15. The average Bonchev–Trinajstić information content (AvgIpc) is 3.06. The number of hydrogen-bond donors (Lipinski definition) is 2. The number of ether oxygens (including phenoxy) is 1. The Labute approximate surface area is 167 Å². The summed E-state index contributed by atoms with van der Waals surface area (Å²) in [6, 6.07) is 11.3. The van der Waals surface area contributed by atoms with Gasteiger partial charge in [-0.3, -0.25) is 4.79 Å². The molecular weight excluding hydrogens is 398 g/mol. The van der Waals surface area contributed by atoms with Crippen molar-refractivity contribution in [3.8, 4) is 5.75 Å². The maximum absolute atomic E-state index is 12.5. The van der Waals surface area contributed by atoms with E-state index in [4.69, 9.17) is 9.88 Å². The minimum atomic E-state index is -3.87. The number of nitrogens with zero attached hydrogens (tertiary/aromatic N) is 1. The lowest BCUT2D eigenvalue weighted by Gasteiger charge is -2.10. The Hall–Kier alpha value is -2.75. The van der Waals surface area contributed by atoms with Crippen molar-refractivity contribution in [3.63, 3.8) is 0 Å². The zero-order valence-corrected chi connectivity index (χ0v) is 16.9. The molecular formula is C19H19N3O4S2. The topological polar surface area (TPSA) is 111 Å².